The first kappa shape index (κ1) is 14.0. The SMILES string of the molecule is Cc1cc(CNC2CC2)nc(C2CCC(C)(C)CC2)n1. The third-order valence-corrected chi connectivity index (χ3v) is 4.78. The van der Waals surface area contributed by atoms with Crippen molar-refractivity contribution in [1.82, 2.24) is 15.3 Å². The molecule has 3 rings (SSSR count). The number of hydrogen-bond acceptors (Lipinski definition) is 3. The van der Waals surface area contributed by atoms with Gasteiger partial charge >= 0.3 is 0 Å². The fourth-order valence-electron chi connectivity index (χ4n) is 3.13. The van der Waals surface area contributed by atoms with E-state index < -0.39 is 0 Å². The molecule has 0 aromatic carbocycles. The second kappa shape index (κ2) is 5.44. The lowest BCUT2D eigenvalue weighted by molar-refractivity contribution is 0.220. The van der Waals surface area contributed by atoms with Crippen LogP contribution in [-0.4, -0.2) is 16.0 Å². The molecule has 1 heterocycles. The number of aryl methyl sites for hydroxylation is 1. The van der Waals surface area contributed by atoms with E-state index in [2.05, 4.69) is 32.2 Å². The second-order valence-electron chi connectivity index (χ2n) is 7.45. The first-order valence-electron chi connectivity index (χ1n) is 8.10. The fourth-order valence-corrected chi connectivity index (χ4v) is 3.13. The third kappa shape index (κ3) is 3.57. The van der Waals surface area contributed by atoms with Crippen LogP contribution in [0.15, 0.2) is 6.07 Å². The summed E-state index contributed by atoms with van der Waals surface area (Å²) in [4.78, 5) is 9.54. The first-order chi connectivity index (χ1) is 9.52. The Kier molecular flexibility index (Phi) is 3.80. The van der Waals surface area contributed by atoms with Crippen molar-refractivity contribution in [3.05, 3.63) is 23.3 Å². The maximum Gasteiger partial charge on any atom is 0.131 e. The van der Waals surface area contributed by atoms with Crippen LogP contribution in [0.5, 0.6) is 0 Å². The highest BCUT2D eigenvalue weighted by atomic mass is 15.0. The third-order valence-electron chi connectivity index (χ3n) is 4.78. The number of hydrogen-bond donors (Lipinski definition) is 1. The zero-order chi connectivity index (χ0) is 14.2. The van der Waals surface area contributed by atoms with Gasteiger partial charge in [-0.3, -0.25) is 0 Å². The van der Waals surface area contributed by atoms with Gasteiger partial charge in [-0.2, -0.15) is 0 Å². The Bertz CT molecular complexity index is 467. The quantitative estimate of drug-likeness (QED) is 0.908. The van der Waals surface area contributed by atoms with Gasteiger partial charge in [0.2, 0.25) is 0 Å². The van der Waals surface area contributed by atoms with Gasteiger partial charge in [0.05, 0.1) is 5.69 Å². The lowest BCUT2D eigenvalue weighted by atomic mass is 9.73. The van der Waals surface area contributed by atoms with Crippen LogP contribution >= 0.6 is 0 Å². The van der Waals surface area contributed by atoms with Gasteiger partial charge in [0.15, 0.2) is 0 Å². The number of nitrogens with one attached hydrogen (secondary N) is 1. The van der Waals surface area contributed by atoms with E-state index in [1.54, 1.807) is 0 Å². The summed E-state index contributed by atoms with van der Waals surface area (Å²) in [5.74, 6) is 1.66. The van der Waals surface area contributed by atoms with Crippen molar-refractivity contribution in [1.29, 1.82) is 0 Å². The second-order valence-corrected chi connectivity index (χ2v) is 7.45. The van der Waals surface area contributed by atoms with Crippen molar-refractivity contribution in [3.8, 4) is 0 Å². The molecule has 3 nitrogen and oxygen atoms in total. The molecular weight excluding hydrogens is 246 g/mol. The Morgan fingerprint density at radius 3 is 2.50 bits per heavy atom. The van der Waals surface area contributed by atoms with E-state index in [4.69, 9.17) is 9.97 Å². The minimum absolute atomic E-state index is 0.511. The molecule has 1 aromatic rings. The van der Waals surface area contributed by atoms with Gasteiger partial charge in [0.1, 0.15) is 5.82 Å². The predicted octanol–water partition coefficient (Wildman–Crippen LogP) is 3.72. The Balaban J connectivity index is 1.68. The molecule has 20 heavy (non-hydrogen) atoms. The summed E-state index contributed by atoms with van der Waals surface area (Å²) in [6, 6.07) is 2.87. The summed E-state index contributed by atoms with van der Waals surface area (Å²) in [7, 11) is 0. The van der Waals surface area contributed by atoms with Gasteiger partial charge in [-0.1, -0.05) is 13.8 Å². The van der Waals surface area contributed by atoms with E-state index in [-0.39, 0.29) is 0 Å². The summed E-state index contributed by atoms with van der Waals surface area (Å²) >= 11 is 0. The van der Waals surface area contributed by atoms with Crippen LogP contribution < -0.4 is 5.32 Å². The maximum absolute atomic E-state index is 4.83. The highest BCUT2D eigenvalue weighted by Gasteiger charge is 2.29. The molecule has 0 amide bonds. The molecule has 0 bridgehead atoms. The van der Waals surface area contributed by atoms with Gasteiger partial charge in [-0.05, 0) is 56.9 Å². The molecule has 0 spiro atoms. The van der Waals surface area contributed by atoms with Crippen LogP contribution in [0.25, 0.3) is 0 Å². The van der Waals surface area contributed by atoms with Gasteiger partial charge < -0.3 is 5.32 Å². The Hall–Kier alpha value is -0.960. The Morgan fingerprint density at radius 1 is 1.15 bits per heavy atom. The monoisotopic (exact) mass is 273 g/mol. The van der Waals surface area contributed by atoms with Crippen molar-refractivity contribution in [2.75, 3.05) is 0 Å². The summed E-state index contributed by atoms with van der Waals surface area (Å²) < 4.78 is 0. The van der Waals surface area contributed by atoms with Crippen LogP contribution in [0, 0.1) is 12.3 Å². The lowest BCUT2D eigenvalue weighted by Crippen LogP contribution is -2.22. The zero-order valence-corrected chi connectivity index (χ0v) is 13.1. The molecule has 0 unspecified atom stereocenters. The van der Waals surface area contributed by atoms with Crippen LogP contribution in [0.3, 0.4) is 0 Å². The topological polar surface area (TPSA) is 37.8 Å². The molecule has 0 atom stereocenters. The van der Waals surface area contributed by atoms with E-state index >= 15 is 0 Å². The van der Waals surface area contributed by atoms with Crippen LogP contribution in [0.1, 0.15) is 75.5 Å². The molecule has 3 heteroatoms. The largest absolute Gasteiger partial charge is 0.308 e. The normalized spacial score (nSPS) is 22.9. The molecule has 0 aliphatic heterocycles. The summed E-state index contributed by atoms with van der Waals surface area (Å²) in [6.07, 6.45) is 7.73. The standard InChI is InChI=1S/C17H27N3/c1-12-10-15(11-18-14-4-5-14)20-16(19-12)13-6-8-17(2,3)9-7-13/h10,13-14,18H,4-9,11H2,1-3H3. The molecule has 0 radical (unpaired) electrons. The molecule has 2 aliphatic rings. The van der Waals surface area contributed by atoms with Crippen molar-refractivity contribution < 1.29 is 0 Å². The molecule has 1 aromatic heterocycles. The van der Waals surface area contributed by atoms with Crippen LogP contribution in [0.2, 0.25) is 0 Å². The molecule has 110 valence electrons. The van der Waals surface area contributed by atoms with E-state index in [9.17, 15) is 0 Å². The average molecular weight is 273 g/mol. The minimum atomic E-state index is 0.511. The van der Waals surface area contributed by atoms with Gasteiger partial charge in [-0.25, -0.2) is 9.97 Å². The molecule has 2 aliphatic carbocycles. The van der Waals surface area contributed by atoms with E-state index in [1.165, 1.54) is 44.2 Å². The fraction of sp³-hybridized carbons (Fsp3) is 0.765. The lowest BCUT2D eigenvalue weighted by Gasteiger charge is -2.33. The molecule has 2 saturated carbocycles. The van der Waals surface area contributed by atoms with Crippen molar-refractivity contribution in [2.45, 2.75) is 77.8 Å². The maximum atomic E-state index is 4.83. The van der Waals surface area contributed by atoms with E-state index in [0.717, 1.165) is 24.1 Å². The number of aromatic nitrogens is 2. The van der Waals surface area contributed by atoms with Gasteiger partial charge in [-0.15, -0.1) is 0 Å². The Labute approximate surface area is 122 Å². The summed E-state index contributed by atoms with van der Waals surface area (Å²) in [5.41, 5.74) is 2.80. The highest BCUT2D eigenvalue weighted by molar-refractivity contribution is 5.13. The smallest absolute Gasteiger partial charge is 0.131 e. The highest BCUT2D eigenvalue weighted by Crippen LogP contribution is 2.41. The van der Waals surface area contributed by atoms with Crippen molar-refractivity contribution in [3.63, 3.8) is 0 Å². The Morgan fingerprint density at radius 2 is 1.85 bits per heavy atom. The van der Waals surface area contributed by atoms with Gasteiger partial charge in [0, 0.05) is 24.2 Å². The van der Waals surface area contributed by atoms with Crippen molar-refractivity contribution >= 4 is 0 Å². The van der Waals surface area contributed by atoms with Crippen LogP contribution in [-0.2, 0) is 6.54 Å². The predicted molar refractivity (Wildman–Crippen MR) is 81.6 cm³/mol. The molecular formula is C17H27N3. The molecule has 2 fully saturated rings. The zero-order valence-electron chi connectivity index (χ0n) is 13.1. The molecule has 1 N–H and O–H groups in total. The average Bonchev–Trinajstić information content (AvgIpc) is 3.19. The number of nitrogens with zero attached hydrogens (tertiary/aromatic N) is 2. The van der Waals surface area contributed by atoms with E-state index in [0.29, 0.717) is 11.3 Å². The van der Waals surface area contributed by atoms with Gasteiger partial charge in [0.25, 0.3) is 0 Å². The molecule has 0 saturated heterocycles. The van der Waals surface area contributed by atoms with Crippen LogP contribution in [0.4, 0.5) is 0 Å². The summed E-state index contributed by atoms with van der Waals surface area (Å²) in [5, 5.41) is 3.55. The van der Waals surface area contributed by atoms with E-state index in [1.807, 2.05) is 0 Å². The number of rotatable bonds is 4. The minimum Gasteiger partial charge on any atom is -0.308 e. The summed E-state index contributed by atoms with van der Waals surface area (Å²) in [6.45, 7) is 7.76. The first-order valence-corrected chi connectivity index (χ1v) is 8.10. The van der Waals surface area contributed by atoms with Crippen molar-refractivity contribution in [2.24, 2.45) is 5.41 Å².